The van der Waals surface area contributed by atoms with Crippen LogP contribution in [0, 0.1) is 6.92 Å². The van der Waals surface area contributed by atoms with Crippen molar-refractivity contribution in [3.8, 4) is 22.5 Å². The molecule has 0 aliphatic carbocycles. The first-order chi connectivity index (χ1) is 15.6. The smallest absolute Gasteiger partial charge is 0.330 e. The predicted molar refractivity (Wildman–Crippen MR) is 125 cm³/mol. The number of aryl methyl sites for hydroxylation is 1. The summed E-state index contributed by atoms with van der Waals surface area (Å²) in [4.78, 5) is 20.6. The topological polar surface area (TPSA) is 92.8 Å². The highest BCUT2D eigenvalue weighted by atomic mass is 16.5. The maximum Gasteiger partial charge on any atom is 0.330 e. The minimum atomic E-state index is -0.355. The van der Waals surface area contributed by atoms with Crippen molar-refractivity contribution in [3.63, 3.8) is 0 Å². The maximum absolute atomic E-state index is 11.5. The molecule has 7 heteroatoms. The highest BCUT2D eigenvalue weighted by Gasteiger charge is 2.07. The van der Waals surface area contributed by atoms with E-state index >= 15 is 0 Å². The minimum Gasteiger partial charge on any atom is -0.463 e. The Morgan fingerprint density at radius 3 is 2.47 bits per heavy atom. The lowest BCUT2D eigenvalue weighted by Crippen LogP contribution is -2.00. The normalized spacial score (nSPS) is 10.9. The number of carbonyl (C=O) groups excluding carboxylic acids is 1. The summed E-state index contributed by atoms with van der Waals surface area (Å²) in [6.07, 6.45) is 8.60. The second-order valence-corrected chi connectivity index (χ2v) is 7.12. The first kappa shape index (κ1) is 21.0. The van der Waals surface area contributed by atoms with Gasteiger partial charge in [0.2, 0.25) is 0 Å². The summed E-state index contributed by atoms with van der Waals surface area (Å²) in [6.45, 7) is 4.11. The Bertz CT molecular complexity index is 1210. The van der Waals surface area contributed by atoms with E-state index in [9.17, 15) is 4.79 Å². The second kappa shape index (κ2) is 9.70. The fraction of sp³-hybridized carbons (Fsp3) is 0.120. The number of aromatic nitrogens is 4. The van der Waals surface area contributed by atoms with Gasteiger partial charge in [0.25, 0.3) is 0 Å². The molecule has 4 rings (SSSR count). The third kappa shape index (κ3) is 5.07. The van der Waals surface area contributed by atoms with Crippen molar-refractivity contribution in [1.29, 1.82) is 0 Å². The number of benzene rings is 2. The van der Waals surface area contributed by atoms with Gasteiger partial charge >= 0.3 is 5.97 Å². The molecule has 0 atom stereocenters. The van der Waals surface area contributed by atoms with Gasteiger partial charge in [0.15, 0.2) is 5.82 Å². The van der Waals surface area contributed by atoms with E-state index in [-0.39, 0.29) is 5.97 Å². The lowest BCUT2D eigenvalue weighted by atomic mass is 10.1. The number of nitrogens with one attached hydrogen (secondary N) is 2. The van der Waals surface area contributed by atoms with Crippen LogP contribution >= 0.6 is 0 Å². The molecule has 0 saturated heterocycles. The van der Waals surface area contributed by atoms with Crippen molar-refractivity contribution in [2.24, 2.45) is 0 Å². The number of carbonyl (C=O) groups is 1. The van der Waals surface area contributed by atoms with E-state index in [4.69, 9.17) is 9.72 Å². The summed E-state index contributed by atoms with van der Waals surface area (Å²) < 4.78 is 4.90. The van der Waals surface area contributed by atoms with Crippen molar-refractivity contribution in [2.75, 3.05) is 11.9 Å². The van der Waals surface area contributed by atoms with Gasteiger partial charge in [-0.3, -0.25) is 5.10 Å². The molecular weight excluding hydrogens is 402 g/mol. The standard InChI is InChI=1S/C25H23N5O2/c1-3-32-23(31)13-6-18-4-7-20(8-5-18)25-26-14-17(2)24(30-25)29-22-11-9-19(10-12-22)21-15-27-28-16-21/h4-16H,3H2,1-2H3,(H,27,28)(H,26,29,30). The SMILES string of the molecule is CCOC(=O)C=Cc1ccc(-c2ncc(C)c(Nc3ccc(-c4cn[nH]c4)cc3)n2)cc1. The molecule has 2 heterocycles. The Morgan fingerprint density at radius 2 is 1.78 bits per heavy atom. The molecule has 0 spiro atoms. The molecule has 0 aliphatic rings. The fourth-order valence-corrected chi connectivity index (χ4v) is 3.10. The zero-order valence-electron chi connectivity index (χ0n) is 17.9. The quantitative estimate of drug-likeness (QED) is 0.314. The Hall–Kier alpha value is -4.26. The largest absolute Gasteiger partial charge is 0.463 e. The number of nitrogens with zero attached hydrogens (tertiary/aromatic N) is 3. The van der Waals surface area contributed by atoms with E-state index in [1.54, 1.807) is 25.4 Å². The average molecular weight is 425 g/mol. The van der Waals surface area contributed by atoms with Crippen LogP contribution < -0.4 is 5.32 Å². The third-order valence-electron chi connectivity index (χ3n) is 4.82. The van der Waals surface area contributed by atoms with E-state index in [0.29, 0.717) is 12.4 Å². The van der Waals surface area contributed by atoms with E-state index < -0.39 is 0 Å². The molecule has 0 amide bonds. The number of anilines is 2. The molecule has 2 aromatic heterocycles. The zero-order chi connectivity index (χ0) is 22.3. The molecule has 2 aromatic carbocycles. The number of aromatic amines is 1. The summed E-state index contributed by atoms with van der Waals surface area (Å²) in [5.41, 5.74) is 5.78. The molecule has 2 N–H and O–H groups in total. The lowest BCUT2D eigenvalue weighted by molar-refractivity contribution is -0.137. The first-order valence-corrected chi connectivity index (χ1v) is 10.3. The molecular formula is C25H23N5O2. The van der Waals surface area contributed by atoms with Crippen molar-refractivity contribution < 1.29 is 9.53 Å². The average Bonchev–Trinajstić information content (AvgIpc) is 3.35. The lowest BCUT2D eigenvalue weighted by Gasteiger charge is -2.11. The van der Waals surface area contributed by atoms with Gasteiger partial charge in [-0.1, -0.05) is 36.4 Å². The highest BCUT2D eigenvalue weighted by molar-refractivity contribution is 5.87. The van der Waals surface area contributed by atoms with Gasteiger partial charge in [-0.05, 0) is 43.2 Å². The van der Waals surface area contributed by atoms with Gasteiger partial charge in [0.05, 0.1) is 12.8 Å². The van der Waals surface area contributed by atoms with Crippen molar-refractivity contribution in [3.05, 3.63) is 84.3 Å². The number of esters is 1. The summed E-state index contributed by atoms with van der Waals surface area (Å²) in [7, 11) is 0. The van der Waals surface area contributed by atoms with Gasteiger partial charge in [-0.2, -0.15) is 5.10 Å². The van der Waals surface area contributed by atoms with Gasteiger partial charge < -0.3 is 10.1 Å². The molecule has 4 aromatic rings. The van der Waals surface area contributed by atoms with Gasteiger partial charge in [0, 0.05) is 40.8 Å². The van der Waals surface area contributed by atoms with Crippen LogP contribution in [0.4, 0.5) is 11.5 Å². The van der Waals surface area contributed by atoms with Crippen LogP contribution in [-0.4, -0.2) is 32.7 Å². The monoisotopic (exact) mass is 425 g/mol. The van der Waals surface area contributed by atoms with Crippen LogP contribution in [0.3, 0.4) is 0 Å². The summed E-state index contributed by atoms with van der Waals surface area (Å²) in [6, 6.07) is 15.8. The summed E-state index contributed by atoms with van der Waals surface area (Å²) in [5, 5.41) is 10.2. The minimum absolute atomic E-state index is 0.355. The van der Waals surface area contributed by atoms with Crippen molar-refractivity contribution in [2.45, 2.75) is 13.8 Å². The Labute approximate surface area is 186 Å². The first-order valence-electron chi connectivity index (χ1n) is 10.3. The van der Waals surface area contributed by atoms with Crippen LogP contribution in [0.1, 0.15) is 18.1 Å². The van der Waals surface area contributed by atoms with Crippen LogP contribution in [0.15, 0.2) is 73.2 Å². The maximum atomic E-state index is 11.5. The highest BCUT2D eigenvalue weighted by Crippen LogP contribution is 2.25. The Morgan fingerprint density at radius 1 is 1.03 bits per heavy atom. The fourth-order valence-electron chi connectivity index (χ4n) is 3.10. The molecule has 0 aliphatic heterocycles. The van der Waals surface area contributed by atoms with Crippen LogP contribution in [0.25, 0.3) is 28.6 Å². The summed E-state index contributed by atoms with van der Waals surface area (Å²) in [5.74, 6) is 1.01. The third-order valence-corrected chi connectivity index (χ3v) is 4.82. The van der Waals surface area contributed by atoms with Gasteiger partial charge in [-0.25, -0.2) is 14.8 Å². The van der Waals surface area contributed by atoms with Crippen LogP contribution in [0.2, 0.25) is 0 Å². The zero-order valence-corrected chi connectivity index (χ0v) is 17.9. The number of H-pyrrole nitrogens is 1. The molecule has 0 fully saturated rings. The number of rotatable bonds is 7. The molecule has 0 unspecified atom stereocenters. The van der Waals surface area contributed by atoms with Gasteiger partial charge in [0.1, 0.15) is 5.82 Å². The molecule has 0 radical (unpaired) electrons. The van der Waals surface area contributed by atoms with Crippen molar-refractivity contribution in [1.82, 2.24) is 20.2 Å². The second-order valence-electron chi connectivity index (χ2n) is 7.12. The molecule has 0 bridgehead atoms. The molecule has 32 heavy (non-hydrogen) atoms. The van der Waals surface area contributed by atoms with E-state index in [1.807, 2.05) is 61.7 Å². The Balaban J connectivity index is 1.49. The number of hydrogen-bond donors (Lipinski definition) is 2. The number of hydrogen-bond acceptors (Lipinski definition) is 6. The van der Waals surface area contributed by atoms with E-state index in [2.05, 4.69) is 20.5 Å². The van der Waals surface area contributed by atoms with Crippen LogP contribution in [-0.2, 0) is 9.53 Å². The van der Waals surface area contributed by atoms with E-state index in [0.717, 1.165) is 39.3 Å². The van der Waals surface area contributed by atoms with Crippen molar-refractivity contribution >= 4 is 23.6 Å². The van der Waals surface area contributed by atoms with Gasteiger partial charge in [-0.15, -0.1) is 0 Å². The molecule has 7 nitrogen and oxygen atoms in total. The number of ether oxygens (including phenoxy) is 1. The Kier molecular flexibility index (Phi) is 6.36. The summed E-state index contributed by atoms with van der Waals surface area (Å²) >= 11 is 0. The van der Waals surface area contributed by atoms with E-state index in [1.165, 1.54) is 6.08 Å². The van der Waals surface area contributed by atoms with Crippen LogP contribution in [0.5, 0.6) is 0 Å². The molecule has 160 valence electrons. The predicted octanol–water partition coefficient (Wildman–Crippen LogP) is 5.16. The molecule has 0 saturated carbocycles.